The number of hydrogen-bond donors (Lipinski definition) is 2. The van der Waals surface area contributed by atoms with Gasteiger partial charge in [0.1, 0.15) is 0 Å². The molecular formula is C15H17BrN2O3. The standard InChI is InChI=1S/C15H17BrN2O3/c1-3-10(8-19)17-13-7-14(15(20)21-2)18-12-5-4-9(16)6-11(12)13/h4-7,10,19H,3,8H2,1-2H3,(H,17,18)/t10-/m1/s1. The van der Waals surface area contributed by atoms with Crippen LogP contribution in [0.5, 0.6) is 0 Å². The van der Waals surface area contributed by atoms with E-state index in [1.54, 1.807) is 6.07 Å². The van der Waals surface area contributed by atoms with Crippen LogP contribution in [0.3, 0.4) is 0 Å². The number of nitrogens with one attached hydrogen (secondary N) is 1. The molecule has 0 aliphatic carbocycles. The second-order valence-electron chi connectivity index (χ2n) is 4.64. The van der Waals surface area contributed by atoms with Crippen molar-refractivity contribution in [3.63, 3.8) is 0 Å². The van der Waals surface area contributed by atoms with Gasteiger partial charge in [0.15, 0.2) is 5.69 Å². The highest BCUT2D eigenvalue weighted by atomic mass is 79.9. The fourth-order valence-corrected chi connectivity index (χ4v) is 2.38. The van der Waals surface area contributed by atoms with E-state index in [0.717, 1.165) is 22.0 Å². The number of halogens is 1. The van der Waals surface area contributed by atoms with Gasteiger partial charge in [-0.3, -0.25) is 0 Å². The zero-order valence-electron chi connectivity index (χ0n) is 11.9. The molecule has 2 aromatic rings. The van der Waals surface area contributed by atoms with Crippen LogP contribution in [0.1, 0.15) is 23.8 Å². The number of carbonyl (C=O) groups excluding carboxylic acids is 1. The third-order valence-corrected chi connectivity index (χ3v) is 3.73. The summed E-state index contributed by atoms with van der Waals surface area (Å²) in [4.78, 5) is 16.0. The number of rotatable bonds is 5. The van der Waals surface area contributed by atoms with Crippen molar-refractivity contribution in [1.29, 1.82) is 0 Å². The van der Waals surface area contributed by atoms with Crippen LogP contribution >= 0.6 is 15.9 Å². The molecule has 1 atom stereocenters. The molecule has 0 amide bonds. The first-order chi connectivity index (χ1) is 10.1. The van der Waals surface area contributed by atoms with Crippen molar-refractivity contribution in [2.24, 2.45) is 0 Å². The monoisotopic (exact) mass is 352 g/mol. The van der Waals surface area contributed by atoms with E-state index in [4.69, 9.17) is 4.74 Å². The van der Waals surface area contributed by atoms with E-state index < -0.39 is 5.97 Å². The summed E-state index contributed by atoms with van der Waals surface area (Å²) in [7, 11) is 1.32. The predicted octanol–water partition coefficient (Wildman–Crippen LogP) is 2.97. The number of pyridine rings is 1. The van der Waals surface area contributed by atoms with Crippen molar-refractivity contribution in [1.82, 2.24) is 4.98 Å². The summed E-state index contributed by atoms with van der Waals surface area (Å²) in [5, 5.41) is 13.5. The zero-order chi connectivity index (χ0) is 15.4. The fraction of sp³-hybridized carbons (Fsp3) is 0.333. The minimum atomic E-state index is -0.486. The van der Waals surface area contributed by atoms with Gasteiger partial charge < -0.3 is 15.2 Å². The topological polar surface area (TPSA) is 71.5 Å². The first-order valence-electron chi connectivity index (χ1n) is 6.65. The Morgan fingerprint density at radius 2 is 2.24 bits per heavy atom. The lowest BCUT2D eigenvalue weighted by Crippen LogP contribution is -2.23. The molecule has 1 heterocycles. The largest absolute Gasteiger partial charge is 0.464 e. The van der Waals surface area contributed by atoms with Crippen molar-refractivity contribution < 1.29 is 14.6 Å². The van der Waals surface area contributed by atoms with Gasteiger partial charge in [-0.25, -0.2) is 9.78 Å². The molecule has 0 aliphatic heterocycles. The predicted molar refractivity (Wildman–Crippen MR) is 85.6 cm³/mol. The summed E-state index contributed by atoms with van der Waals surface area (Å²) in [6, 6.07) is 7.19. The summed E-state index contributed by atoms with van der Waals surface area (Å²) in [6.07, 6.45) is 0.766. The number of aromatic nitrogens is 1. The van der Waals surface area contributed by atoms with Crippen molar-refractivity contribution >= 4 is 38.5 Å². The highest BCUT2D eigenvalue weighted by Crippen LogP contribution is 2.27. The van der Waals surface area contributed by atoms with Crippen LogP contribution in [0.15, 0.2) is 28.7 Å². The van der Waals surface area contributed by atoms with Crippen molar-refractivity contribution in [3.05, 3.63) is 34.4 Å². The van der Waals surface area contributed by atoms with Crippen molar-refractivity contribution in [2.75, 3.05) is 19.0 Å². The third-order valence-electron chi connectivity index (χ3n) is 3.24. The Bertz CT molecular complexity index is 657. The normalized spacial score (nSPS) is 12.2. The molecule has 0 bridgehead atoms. The number of fused-ring (bicyclic) bond motifs is 1. The molecule has 21 heavy (non-hydrogen) atoms. The molecule has 6 heteroatoms. The zero-order valence-corrected chi connectivity index (χ0v) is 13.5. The van der Waals surface area contributed by atoms with Crippen LogP contribution < -0.4 is 5.32 Å². The lowest BCUT2D eigenvalue weighted by atomic mass is 10.1. The molecule has 1 aromatic heterocycles. The summed E-state index contributed by atoms with van der Waals surface area (Å²) < 4.78 is 5.65. The Hall–Kier alpha value is -1.66. The number of esters is 1. The maximum Gasteiger partial charge on any atom is 0.356 e. The van der Waals surface area contributed by atoms with E-state index in [0.29, 0.717) is 5.52 Å². The Labute approximate surface area is 131 Å². The molecule has 5 nitrogen and oxygen atoms in total. The molecule has 0 aliphatic rings. The van der Waals surface area contributed by atoms with Gasteiger partial charge in [0.05, 0.1) is 19.2 Å². The number of benzene rings is 1. The molecule has 0 spiro atoms. The van der Waals surface area contributed by atoms with Gasteiger partial charge in [0.25, 0.3) is 0 Å². The molecule has 0 fully saturated rings. The molecule has 112 valence electrons. The van der Waals surface area contributed by atoms with Gasteiger partial charge in [-0.2, -0.15) is 0 Å². The lowest BCUT2D eigenvalue weighted by Gasteiger charge is -2.18. The lowest BCUT2D eigenvalue weighted by molar-refractivity contribution is 0.0594. The maximum absolute atomic E-state index is 11.7. The van der Waals surface area contributed by atoms with Gasteiger partial charge in [0.2, 0.25) is 0 Å². The Kier molecular flexibility index (Phi) is 5.14. The Morgan fingerprint density at radius 1 is 1.48 bits per heavy atom. The van der Waals surface area contributed by atoms with Gasteiger partial charge in [-0.05, 0) is 30.7 Å². The second kappa shape index (κ2) is 6.87. The van der Waals surface area contributed by atoms with E-state index in [1.807, 2.05) is 25.1 Å². The van der Waals surface area contributed by atoms with Crippen molar-refractivity contribution in [3.8, 4) is 0 Å². The quantitative estimate of drug-likeness (QED) is 0.809. The van der Waals surface area contributed by atoms with E-state index in [1.165, 1.54) is 7.11 Å². The van der Waals surface area contributed by atoms with E-state index in [9.17, 15) is 9.90 Å². The molecule has 0 saturated heterocycles. The Balaban J connectivity index is 2.57. The molecule has 0 radical (unpaired) electrons. The smallest absolute Gasteiger partial charge is 0.356 e. The van der Waals surface area contributed by atoms with Crippen LogP contribution in [-0.2, 0) is 4.74 Å². The first kappa shape index (κ1) is 15.7. The molecule has 0 unspecified atom stereocenters. The molecule has 0 saturated carbocycles. The second-order valence-corrected chi connectivity index (χ2v) is 5.56. The van der Waals surface area contributed by atoms with Crippen LogP contribution in [-0.4, -0.2) is 35.8 Å². The van der Waals surface area contributed by atoms with E-state index in [2.05, 4.69) is 26.2 Å². The van der Waals surface area contributed by atoms with Gasteiger partial charge >= 0.3 is 5.97 Å². The summed E-state index contributed by atoms with van der Waals surface area (Å²) >= 11 is 3.43. The number of nitrogens with zero attached hydrogens (tertiary/aromatic N) is 1. The summed E-state index contributed by atoms with van der Waals surface area (Å²) in [5.74, 6) is -0.486. The van der Waals surface area contributed by atoms with Gasteiger partial charge in [0, 0.05) is 21.6 Å². The van der Waals surface area contributed by atoms with E-state index in [-0.39, 0.29) is 18.3 Å². The highest BCUT2D eigenvalue weighted by Gasteiger charge is 2.14. The van der Waals surface area contributed by atoms with Crippen LogP contribution in [0.2, 0.25) is 0 Å². The van der Waals surface area contributed by atoms with Gasteiger partial charge in [-0.15, -0.1) is 0 Å². The first-order valence-corrected chi connectivity index (χ1v) is 7.44. The fourth-order valence-electron chi connectivity index (χ4n) is 2.02. The molecule has 1 aromatic carbocycles. The number of carbonyl (C=O) groups is 1. The maximum atomic E-state index is 11.7. The van der Waals surface area contributed by atoms with Gasteiger partial charge in [-0.1, -0.05) is 22.9 Å². The van der Waals surface area contributed by atoms with E-state index >= 15 is 0 Å². The highest BCUT2D eigenvalue weighted by molar-refractivity contribution is 9.10. The SMILES string of the molecule is CC[C@H](CO)Nc1cc(C(=O)OC)nc2ccc(Br)cc12. The number of aliphatic hydroxyl groups excluding tert-OH is 1. The average Bonchev–Trinajstić information content (AvgIpc) is 2.51. The third kappa shape index (κ3) is 3.51. The minimum absolute atomic E-state index is 0.0158. The molecule has 2 N–H and O–H groups in total. The minimum Gasteiger partial charge on any atom is -0.464 e. The van der Waals surface area contributed by atoms with Crippen LogP contribution in [0, 0.1) is 0 Å². The summed E-state index contributed by atoms with van der Waals surface area (Å²) in [6.45, 7) is 2.00. The number of methoxy groups -OCH3 is 1. The average molecular weight is 353 g/mol. The number of anilines is 1. The number of aliphatic hydroxyl groups is 1. The molecule has 2 rings (SSSR count). The van der Waals surface area contributed by atoms with Crippen molar-refractivity contribution in [2.45, 2.75) is 19.4 Å². The number of ether oxygens (including phenoxy) is 1. The summed E-state index contributed by atoms with van der Waals surface area (Å²) in [5.41, 5.74) is 1.68. The van der Waals surface area contributed by atoms with Crippen LogP contribution in [0.25, 0.3) is 10.9 Å². The molecular weight excluding hydrogens is 336 g/mol. The van der Waals surface area contributed by atoms with Crippen LogP contribution in [0.4, 0.5) is 5.69 Å². The Morgan fingerprint density at radius 3 is 2.86 bits per heavy atom. The number of hydrogen-bond acceptors (Lipinski definition) is 5.